The van der Waals surface area contributed by atoms with Crippen molar-refractivity contribution < 1.29 is 4.74 Å². The molecule has 2 aliphatic rings. The van der Waals surface area contributed by atoms with E-state index < -0.39 is 0 Å². The molecule has 2 heterocycles. The van der Waals surface area contributed by atoms with Crippen LogP contribution in [0.4, 0.5) is 5.82 Å². The SMILES string of the molecule is CC1OCCC1N(C)c1ccc(CNC2CC2)nn1. The topological polar surface area (TPSA) is 50.3 Å². The Bertz CT molecular complexity index is 418. The van der Waals surface area contributed by atoms with Crippen molar-refractivity contribution >= 4 is 5.82 Å². The Labute approximate surface area is 114 Å². The van der Waals surface area contributed by atoms with Gasteiger partial charge >= 0.3 is 0 Å². The summed E-state index contributed by atoms with van der Waals surface area (Å²) in [6.45, 7) is 3.78. The van der Waals surface area contributed by atoms with Crippen LogP contribution < -0.4 is 10.2 Å². The van der Waals surface area contributed by atoms with Gasteiger partial charge < -0.3 is 15.0 Å². The molecule has 2 atom stereocenters. The molecule has 1 aliphatic heterocycles. The Morgan fingerprint density at radius 2 is 2.16 bits per heavy atom. The molecule has 1 aromatic heterocycles. The lowest BCUT2D eigenvalue weighted by atomic mass is 10.1. The molecule has 3 rings (SSSR count). The lowest BCUT2D eigenvalue weighted by Crippen LogP contribution is -2.37. The highest BCUT2D eigenvalue weighted by Gasteiger charge is 2.28. The molecule has 0 spiro atoms. The highest BCUT2D eigenvalue weighted by molar-refractivity contribution is 5.38. The summed E-state index contributed by atoms with van der Waals surface area (Å²) in [5.41, 5.74) is 1.01. The van der Waals surface area contributed by atoms with Crippen LogP contribution in [0.2, 0.25) is 0 Å². The predicted molar refractivity (Wildman–Crippen MR) is 74.1 cm³/mol. The van der Waals surface area contributed by atoms with Gasteiger partial charge in [0.2, 0.25) is 0 Å². The van der Waals surface area contributed by atoms with E-state index in [1.54, 1.807) is 0 Å². The Morgan fingerprint density at radius 1 is 1.32 bits per heavy atom. The standard InChI is InChI=1S/C14H22N4O/c1-10-13(7-8-19-10)18(2)14-6-5-12(16-17-14)9-15-11-3-4-11/h5-6,10-11,13,15H,3-4,7-9H2,1-2H3. The molecule has 1 saturated heterocycles. The second-order valence-corrected chi connectivity index (χ2v) is 5.58. The third kappa shape index (κ3) is 3.04. The number of anilines is 1. The Kier molecular flexibility index (Phi) is 3.66. The summed E-state index contributed by atoms with van der Waals surface area (Å²) in [4.78, 5) is 2.18. The van der Waals surface area contributed by atoms with Crippen LogP contribution >= 0.6 is 0 Å². The molecule has 1 saturated carbocycles. The van der Waals surface area contributed by atoms with Crippen LogP contribution in [0.1, 0.15) is 31.9 Å². The summed E-state index contributed by atoms with van der Waals surface area (Å²) >= 11 is 0. The van der Waals surface area contributed by atoms with Crippen molar-refractivity contribution in [1.82, 2.24) is 15.5 Å². The van der Waals surface area contributed by atoms with Gasteiger partial charge in [-0.05, 0) is 38.3 Å². The van der Waals surface area contributed by atoms with E-state index in [9.17, 15) is 0 Å². The van der Waals surface area contributed by atoms with Crippen LogP contribution in [0, 0.1) is 0 Å². The molecular formula is C14H22N4O. The largest absolute Gasteiger partial charge is 0.376 e. The molecule has 104 valence electrons. The molecule has 2 unspecified atom stereocenters. The number of aromatic nitrogens is 2. The third-order valence-electron chi connectivity index (χ3n) is 4.05. The summed E-state index contributed by atoms with van der Waals surface area (Å²) in [6, 6.07) is 5.24. The molecule has 0 aromatic carbocycles. The van der Waals surface area contributed by atoms with Crippen molar-refractivity contribution in [2.24, 2.45) is 0 Å². The van der Waals surface area contributed by atoms with Crippen molar-refractivity contribution in [3.8, 4) is 0 Å². The normalized spacial score (nSPS) is 26.6. The maximum atomic E-state index is 5.60. The van der Waals surface area contributed by atoms with E-state index in [2.05, 4.69) is 46.5 Å². The Hall–Kier alpha value is -1.20. The van der Waals surface area contributed by atoms with Crippen LogP contribution in [0.3, 0.4) is 0 Å². The highest BCUT2D eigenvalue weighted by atomic mass is 16.5. The van der Waals surface area contributed by atoms with E-state index in [-0.39, 0.29) is 6.10 Å². The second-order valence-electron chi connectivity index (χ2n) is 5.58. The van der Waals surface area contributed by atoms with Gasteiger partial charge in [-0.3, -0.25) is 0 Å². The van der Waals surface area contributed by atoms with Gasteiger partial charge in [-0.2, -0.15) is 5.10 Å². The smallest absolute Gasteiger partial charge is 0.151 e. The average Bonchev–Trinajstić information content (AvgIpc) is 3.17. The van der Waals surface area contributed by atoms with Gasteiger partial charge in [0.15, 0.2) is 5.82 Å². The van der Waals surface area contributed by atoms with E-state index >= 15 is 0 Å². The fourth-order valence-electron chi connectivity index (χ4n) is 2.57. The molecule has 1 aromatic rings. The maximum absolute atomic E-state index is 5.60. The summed E-state index contributed by atoms with van der Waals surface area (Å²) in [7, 11) is 2.07. The molecule has 5 nitrogen and oxygen atoms in total. The summed E-state index contributed by atoms with van der Waals surface area (Å²) in [6.07, 6.45) is 3.93. The maximum Gasteiger partial charge on any atom is 0.151 e. The lowest BCUT2D eigenvalue weighted by Gasteiger charge is -2.27. The molecule has 0 amide bonds. The van der Waals surface area contributed by atoms with Gasteiger partial charge in [-0.25, -0.2) is 0 Å². The minimum absolute atomic E-state index is 0.267. The van der Waals surface area contributed by atoms with E-state index in [4.69, 9.17) is 4.74 Å². The number of nitrogens with one attached hydrogen (secondary N) is 1. The van der Waals surface area contributed by atoms with Crippen LogP contribution in [0.25, 0.3) is 0 Å². The van der Waals surface area contributed by atoms with Gasteiger partial charge in [0.25, 0.3) is 0 Å². The van der Waals surface area contributed by atoms with E-state index in [0.717, 1.165) is 31.1 Å². The minimum atomic E-state index is 0.267. The molecule has 5 heteroatoms. The van der Waals surface area contributed by atoms with Crippen molar-refractivity contribution in [2.45, 2.75) is 50.9 Å². The molecule has 19 heavy (non-hydrogen) atoms. The van der Waals surface area contributed by atoms with Crippen molar-refractivity contribution in [3.63, 3.8) is 0 Å². The molecule has 0 radical (unpaired) electrons. The zero-order valence-electron chi connectivity index (χ0n) is 11.7. The monoisotopic (exact) mass is 262 g/mol. The van der Waals surface area contributed by atoms with Crippen molar-refractivity contribution in [2.75, 3.05) is 18.6 Å². The predicted octanol–water partition coefficient (Wildman–Crippen LogP) is 1.34. The van der Waals surface area contributed by atoms with Crippen LogP contribution in [0.15, 0.2) is 12.1 Å². The molecule has 2 fully saturated rings. The number of hydrogen-bond acceptors (Lipinski definition) is 5. The number of rotatable bonds is 5. The number of hydrogen-bond donors (Lipinski definition) is 1. The van der Waals surface area contributed by atoms with Gasteiger partial charge in [0.1, 0.15) is 0 Å². The fourth-order valence-corrected chi connectivity index (χ4v) is 2.57. The number of likely N-dealkylation sites (N-methyl/N-ethyl adjacent to an activating group) is 1. The minimum Gasteiger partial charge on any atom is -0.376 e. The first-order valence-electron chi connectivity index (χ1n) is 7.14. The summed E-state index contributed by atoms with van der Waals surface area (Å²) in [5.74, 6) is 0.928. The van der Waals surface area contributed by atoms with Crippen molar-refractivity contribution in [3.05, 3.63) is 17.8 Å². The molecular weight excluding hydrogens is 240 g/mol. The first kappa shape index (κ1) is 12.8. The van der Waals surface area contributed by atoms with Gasteiger partial charge in [0, 0.05) is 26.2 Å². The Morgan fingerprint density at radius 3 is 2.74 bits per heavy atom. The van der Waals surface area contributed by atoms with E-state index in [1.165, 1.54) is 12.8 Å². The van der Waals surface area contributed by atoms with Crippen molar-refractivity contribution in [1.29, 1.82) is 0 Å². The van der Waals surface area contributed by atoms with Gasteiger partial charge in [-0.1, -0.05) is 0 Å². The summed E-state index contributed by atoms with van der Waals surface area (Å²) < 4.78 is 5.60. The first-order chi connectivity index (χ1) is 9.24. The quantitative estimate of drug-likeness (QED) is 0.868. The van der Waals surface area contributed by atoms with Crippen LogP contribution in [0.5, 0.6) is 0 Å². The summed E-state index contributed by atoms with van der Waals surface area (Å²) in [5, 5.41) is 12.1. The average molecular weight is 262 g/mol. The van der Waals surface area contributed by atoms with Crippen LogP contribution in [-0.2, 0) is 11.3 Å². The molecule has 1 N–H and O–H groups in total. The highest BCUT2D eigenvalue weighted by Crippen LogP contribution is 2.22. The van der Waals surface area contributed by atoms with Crippen LogP contribution in [-0.4, -0.2) is 42.0 Å². The van der Waals surface area contributed by atoms with Gasteiger partial charge in [0.05, 0.1) is 17.8 Å². The fraction of sp³-hybridized carbons (Fsp3) is 0.714. The van der Waals surface area contributed by atoms with E-state index in [1.807, 2.05) is 0 Å². The van der Waals surface area contributed by atoms with E-state index in [0.29, 0.717) is 12.1 Å². The molecule has 1 aliphatic carbocycles. The Balaban J connectivity index is 1.60. The van der Waals surface area contributed by atoms with Gasteiger partial charge in [-0.15, -0.1) is 5.10 Å². The first-order valence-corrected chi connectivity index (χ1v) is 7.14. The second kappa shape index (κ2) is 5.43. The third-order valence-corrected chi connectivity index (χ3v) is 4.05. The number of nitrogens with zero attached hydrogens (tertiary/aromatic N) is 3. The molecule has 0 bridgehead atoms. The zero-order chi connectivity index (χ0) is 13.2. The lowest BCUT2D eigenvalue weighted by molar-refractivity contribution is 0.118. The zero-order valence-corrected chi connectivity index (χ0v) is 11.7. The number of ether oxygens (including phenoxy) is 1.